The number of pyridine rings is 1. The van der Waals surface area contributed by atoms with Crippen molar-refractivity contribution in [3.05, 3.63) is 26.9 Å². The monoisotopic (exact) mass is 375 g/mol. The molecule has 0 radical (unpaired) electrons. The molecule has 0 spiro atoms. The summed E-state index contributed by atoms with van der Waals surface area (Å²) in [5, 5.41) is 3.31. The Morgan fingerprint density at radius 3 is 2.94 bits per heavy atom. The van der Waals surface area contributed by atoms with Crippen molar-refractivity contribution >= 4 is 31.9 Å². The van der Waals surface area contributed by atoms with Crippen molar-refractivity contribution in [3.63, 3.8) is 0 Å². The maximum atomic E-state index is 4.62. The number of likely N-dealkylation sites (tertiary alicyclic amines) is 1. The van der Waals surface area contributed by atoms with Gasteiger partial charge in [0.25, 0.3) is 0 Å². The van der Waals surface area contributed by atoms with Gasteiger partial charge < -0.3 is 5.32 Å². The number of piperidine rings is 1. The van der Waals surface area contributed by atoms with Crippen molar-refractivity contribution in [2.45, 2.75) is 18.9 Å². The van der Waals surface area contributed by atoms with Crippen LogP contribution < -0.4 is 5.32 Å². The molecule has 1 aliphatic heterocycles. The van der Waals surface area contributed by atoms with Crippen LogP contribution >= 0.6 is 31.9 Å². The summed E-state index contributed by atoms with van der Waals surface area (Å²) in [5.41, 5.74) is 1.15. The van der Waals surface area contributed by atoms with Crippen LogP contribution in [0.5, 0.6) is 0 Å². The minimum atomic E-state index is 0.397. The Kier molecular flexibility index (Phi) is 5.18. The Hall–Kier alpha value is 0.0300. The van der Waals surface area contributed by atoms with E-state index in [0.29, 0.717) is 12.0 Å². The normalized spacial score (nSPS) is 25.3. The lowest BCUT2D eigenvalue weighted by Crippen LogP contribution is -2.40. The third-order valence-corrected chi connectivity index (χ3v) is 4.66. The number of halogens is 2. The summed E-state index contributed by atoms with van der Waals surface area (Å²) in [6.07, 6.45) is 4.42. The van der Waals surface area contributed by atoms with Crippen LogP contribution in [0.4, 0.5) is 0 Å². The number of nitrogens with zero attached hydrogens (tertiary/aromatic N) is 2. The largest absolute Gasteiger partial charge is 0.319 e. The van der Waals surface area contributed by atoms with Crippen molar-refractivity contribution in [2.75, 3.05) is 27.2 Å². The van der Waals surface area contributed by atoms with E-state index in [0.717, 1.165) is 27.7 Å². The van der Waals surface area contributed by atoms with Crippen LogP contribution in [-0.4, -0.2) is 37.1 Å². The first-order chi connectivity index (χ1) is 8.63. The summed E-state index contributed by atoms with van der Waals surface area (Å²) in [5.74, 6) is 0.624. The summed E-state index contributed by atoms with van der Waals surface area (Å²) < 4.78 is 2.11. The smallest absolute Gasteiger partial charge is 0.0721 e. The number of nitrogens with one attached hydrogen (secondary N) is 1. The van der Waals surface area contributed by atoms with Gasteiger partial charge in [-0.1, -0.05) is 0 Å². The fourth-order valence-electron chi connectivity index (χ4n) is 2.81. The molecule has 1 aromatic rings. The van der Waals surface area contributed by atoms with Gasteiger partial charge in [-0.3, -0.25) is 9.88 Å². The van der Waals surface area contributed by atoms with Crippen LogP contribution in [0.3, 0.4) is 0 Å². The molecule has 2 atom stereocenters. The second kappa shape index (κ2) is 6.46. The number of hydrogen-bond acceptors (Lipinski definition) is 3. The molecule has 2 heterocycles. The van der Waals surface area contributed by atoms with Crippen molar-refractivity contribution in [1.82, 2.24) is 15.2 Å². The van der Waals surface area contributed by atoms with E-state index in [1.54, 1.807) is 0 Å². The number of rotatable bonds is 3. The molecule has 0 saturated carbocycles. The average Bonchev–Trinajstić information content (AvgIpc) is 2.31. The highest BCUT2D eigenvalue weighted by Crippen LogP contribution is 2.37. The zero-order valence-corrected chi connectivity index (χ0v) is 14.0. The zero-order valence-electron chi connectivity index (χ0n) is 10.8. The topological polar surface area (TPSA) is 28.2 Å². The molecule has 2 unspecified atom stereocenters. The summed E-state index contributed by atoms with van der Waals surface area (Å²) in [7, 11) is 4.22. The second-order valence-electron chi connectivity index (χ2n) is 4.91. The predicted molar refractivity (Wildman–Crippen MR) is 81.7 cm³/mol. The highest BCUT2D eigenvalue weighted by atomic mass is 79.9. The second-order valence-corrected chi connectivity index (χ2v) is 6.68. The zero-order chi connectivity index (χ0) is 13.1. The molecular formula is C13H19Br2N3. The van der Waals surface area contributed by atoms with Gasteiger partial charge in [0.1, 0.15) is 0 Å². The quantitative estimate of drug-likeness (QED) is 0.877. The van der Waals surface area contributed by atoms with Gasteiger partial charge in [-0.2, -0.15) is 0 Å². The Bertz CT molecular complexity index is 409. The lowest BCUT2D eigenvalue weighted by atomic mass is 9.87. The van der Waals surface area contributed by atoms with Crippen molar-refractivity contribution < 1.29 is 0 Å². The summed E-state index contributed by atoms with van der Waals surface area (Å²) in [6.45, 7) is 2.19. The summed E-state index contributed by atoms with van der Waals surface area (Å²) >= 11 is 7.11. The third-order valence-electron chi connectivity index (χ3n) is 3.59. The molecule has 0 bridgehead atoms. The van der Waals surface area contributed by atoms with Gasteiger partial charge in [0.15, 0.2) is 0 Å². The van der Waals surface area contributed by atoms with E-state index in [1.807, 2.05) is 13.2 Å². The van der Waals surface area contributed by atoms with Crippen LogP contribution in [0.1, 0.15) is 24.6 Å². The molecule has 1 N–H and O–H groups in total. The third kappa shape index (κ3) is 3.13. The van der Waals surface area contributed by atoms with E-state index >= 15 is 0 Å². The summed E-state index contributed by atoms with van der Waals surface area (Å²) in [4.78, 5) is 7.04. The lowest BCUT2D eigenvalue weighted by molar-refractivity contribution is 0.117. The Morgan fingerprint density at radius 1 is 1.50 bits per heavy atom. The van der Waals surface area contributed by atoms with Crippen LogP contribution in [0.25, 0.3) is 0 Å². The summed E-state index contributed by atoms with van der Waals surface area (Å²) in [6, 6.07) is 2.48. The molecular weight excluding hydrogens is 358 g/mol. The Morgan fingerprint density at radius 2 is 2.28 bits per heavy atom. The van der Waals surface area contributed by atoms with Gasteiger partial charge in [0, 0.05) is 15.1 Å². The Balaban J connectivity index is 2.31. The fourth-order valence-corrected chi connectivity index (χ4v) is 4.03. The van der Waals surface area contributed by atoms with Gasteiger partial charge in [-0.15, -0.1) is 0 Å². The molecule has 1 aromatic heterocycles. The molecule has 1 saturated heterocycles. The maximum absolute atomic E-state index is 4.62. The van der Waals surface area contributed by atoms with E-state index < -0.39 is 0 Å². The molecule has 100 valence electrons. The van der Waals surface area contributed by atoms with Gasteiger partial charge >= 0.3 is 0 Å². The minimum absolute atomic E-state index is 0.397. The molecule has 0 aliphatic carbocycles. The van der Waals surface area contributed by atoms with Crippen molar-refractivity contribution in [3.8, 4) is 0 Å². The molecule has 1 aliphatic rings. The number of aromatic nitrogens is 1. The van der Waals surface area contributed by atoms with Crippen molar-refractivity contribution in [1.29, 1.82) is 0 Å². The van der Waals surface area contributed by atoms with Crippen LogP contribution in [0.15, 0.2) is 21.2 Å². The van der Waals surface area contributed by atoms with E-state index in [2.05, 4.69) is 60.2 Å². The predicted octanol–water partition coefficient (Wildman–Crippen LogP) is 3.21. The first-order valence-corrected chi connectivity index (χ1v) is 7.88. The van der Waals surface area contributed by atoms with Gasteiger partial charge in [0.05, 0.1) is 11.7 Å². The maximum Gasteiger partial charge on any atom is 0.0721 e. The molecule has 18 heavy (non-hydrogen) atoms. The van der Waals surface area contributed by atoms with Crippen LogP contribution in [0, 0.1) is 5.92 Å². The van der Waals surface area contributed by atoms with Crippen molar-refractivity contribution in [2.24, 2.45) is 5.92 Å². The molecule has 1 fully saturated rings. The molecule has 0 aromatic carbocycles. The first-order valence-electron chi connectivity index (χ1n) is 6.29. The average molecular weight is 377 g/mol. The Labute approximate surface area is 126 Å². The van der Waals surface area contributed by atoms with E-state index in [4.69, 9.17) is 0 Å². The fraction of sp³-hybridized carbons (Fsp3) is 0.615. The van der Waals surface area contributed by atoms with E-state index in [-0.39, 0.29) is 0 Å². The van der Waals surface area contributed by atoms with E-state index in [1.165, 1.54) is 12.8 Å². The van der Waals surface area contributed by atoms with Crippen LogP contribution in [0.2, 0.25) is 0 Å². The minimum Gasteiger partial charge on any atom is -0.319 e. The van der Waals surface area contributed by atoms with Gasteiger partial charge in [-0.25, -0.2) is 0 Å². The first kappa shape index (κ1) is 14.4. The lowest BCUT2D eigenvalue weighted by Gasteiger charge is -2.39. The molecule has 0 amide bonds. The molecule has 2 rings (SSSR count). The molecule has 5 heteroatoms. The van der Waals surface area contributed by atoms with Gasteiger partial charge in [-0.05, 0) is 83.9 Å². The standard InChI is InChI=1S/C13H19Br2N3/c1-16-7-9-4-3-5-18(2)13(9)12-11(15)6-10(14)8-17-12/h6,8-9,13,16H,3-5,7H2,1-2H3. The highest BCUT2D eigenvalue weighted by Gasteiger charge is 2.32. The highest BCUT2D eigenvalue weighted by molar-refractivity contribution is 9.11. The van der Waals surface area contributed by atoms with E-state index in [9.17, 15) is 0 Å². The van der Waals surface area contributed by atoms with Crippen LogP contribution in [-0.2, 0) is 0 Å². The molecule has 3 nitrogen and oxygen atoms in total. The number of hydrogen-bond donors (Lipinski definition) is 1. The SMILES string of the molecule is CNCC1CCCN(C)C1c1ncc(Br)cc1Br. The van der Waals surface area contributed by atoms with Gasteiger partial charge in [0.2, 0.25) is 0 Å².